The first-order valence-corrected chi connectivity index (χ1v) is 5.51. The molecule has 2 aromatic heterocycles. The Morgan fingerprint density at radius 3 is 2.94 bits per heavy atom. The molecule has 0 aliphatic heterocycles. The van der Waals surface area contributed by atoms with Crippen LogP contribution in [0.4, 0.5) is 0 Å². The van der Waals surface area contributed by atoms with Gasteiger partial charge in [0.05, 0.1) is 5.39 Å². The molecule has 1 aromatic carbocycles. The van der Waals surface area contributed by atoms with Crippen LogP contribution in [-0.2, 0) is 6.42 Å². The van der Waals surface area contributed by atoms with Gasteiger partial charge in [0.25, 0.3) is 0 Å². The van der Waals surface area contributed by atoms with E-state index >= 15 is 0 Å². The minimum atomic E-state index is 0.694. The Kier molecular flexibility index (Phi) is 2.10. The molecule has 0 spiro atoms. The lowest BCUT2D eigenvalue weighted by atomic mass is 10.2. The first kappa shape index (κ1) is 9.33. The second-order valence-electron chi connectivity index (χ2n) is 3.85. The quantitative estimate of drug-likeness (QED) is 0.654. The summed E-state index contributed by atoms with van der Waals surface area (Å²) in [4.78, 5) is 8.77. The second-order valence-corrected chi connectivity index (χ2v) is 3.85. The fourth-order valence-electron chi connectivity index (χ4n) is 1.89. The first-order chi connectivity index (χ1) is 7.88. The zero-order valence-electron chi connectivity index (χ0n) is 9.10. The van der Waals surface area contributed by atoms with Gasteiger partial charge in [-0.2, -0.15) is 4.98 Å². The Labute approximate surface area is 93.1 Å². The van der Waals surface area contributed by atoms with Gasteiger partial charge in [0, 0.05) is 18.0 Å². The highest BCUT2D eigenvalue weighted by atomic mass is 16.3. The Bertz CT molecular complexity index is 643. The van der Waals surface area contributed by atoms with Crippen LogP contribution in [0.15, 0.2) is 34.9 Å². The van der Waals surface area contributed by atoms with Crippen LogP contribution in [0.1, 0.15) is 19.2 Å². The number of aryl methyl sites for hydroxylation is 1. The molecule has 0 aliphatic rings. The maximum Gasteiger partial charge on any atom is 0.230 e. The van der Waals surface area contributed by atoms with Crippen LogP contribution >= 0.6 is 0 Å². The SMILES string of the molecule is CCCc1ncc2c(n1)oc1ccccc12. The standard InChI is InChI=1S/C13H12N2O/c1-2-5-12-14-8-10-9-6-3-4-7-11(9)16-13(10)15-12/h3-4,6-8H,2,5H2,1H3. The fourth-order valence-corrected chi connectivity index (χ4v) is 1.89. The molecule has 80 valence electrons. The molecule has 0 saturated carbocycles. The lowest BCUT2D eigenvalue weighted by molar-refractivity contribution is 0.647. The molecule has 3 nitrogen and oxygen atoms in total. The van der Waals surface area contributed by atoms with Crippen molar-refractivity contribution in [3.8, 4) is 0 Å². The van der Waals surface area contributed by atoms with E-state index in [1.54, 1.807) is 0 Å². The summed E-state index contributed by atoms with van der Waals surface area (Å²) in [5.41, 5.74) is 1.57. The molecule has 0 N–H and O–H groups in total. The number of hydrogen-bond donors (Lipinski definition) is 0. The number of aromatic nitrogens is 2. The predicted octanol–water partition coefficient (Wildman–Crippen LogP) is 3.33. The summed E-state index contributed by atoms with van der Waals surface area (Å²) >= 11 is 0. The molecule has 0 radical (unpaired) electrons. The van der Waals surface area contributed by atoms with E-state index in [9.17, 15) is 0 Å². The van der Waals surface area contributed by atoms with Crippen molar-refractivity contribution in [3.63, 3.8) is 0 Å². The summed E-state index contributed by atoms with van der Waals surface area (Å²) in [6, 6.07) is 7.95. The number of rotatable bonds is 2. The molecule has 0 atom stereocenters. The van der Waals surface area contributed by atoms with E-state index in [0.29, 0.717) is 5.71 Å². The highest BCUT2D eigenvalue weighted by molar-refractivity contribution is 6.02. The van der Waals surface area contributed by atoms with E-state index < -0.39 is 0 Å². The lowest BCUT2D eigenvalue weighted by Gasteiger charge is -1.94. The van der Waals surface area contributed by atoms with Crippen molar-refractivity contribution in [2.75, 3.05) is 0 Å². The topological polar surface area (TPSA) is 38.9 Å². The van der Waals surface area contributed by atoms with Crippen LogP contribution in [0.5, 0.6) is 0 Å². The van der Waals surface area contributed by atoms with E-state index in [1.165, 1.54) is 0 Å². The van der Waals surface area contributed by atoms with Crippen molar-refractivity contribution in [2.45, 2.75) is 19.8 Å². The van der Waals surface area contributed by atoms with Crippen LogP contribution < -0.4 is 0 Å². The molecule has 0 fully saturated rings. The number of hydrogen-bond acceptors (Lipinski definition) is 3. The van der Waals surface area contributed by atoms with Crippen molar-refractivity contribution in [1.82, 2.24) is 9.97 Å². The number of fused-ring (bicyclic) bond motifs is 3. The maximum absolute atomic E-state index is 5.69. The largest absolute Gasteiger partial charge is 0.438 e. The third-order valence-corrected chi connectivity index (χ3v) is 2.66. The first-order valence-electron chi connectivity index (χ1n) is 5.51. The maximum atomic E-state index is 5.69. The van der Waals surface area contributed by atoms with Gasteiger partial charge in [0.15, 0.2) is 0 Å². The molecule has 16 heavy (non-hydrogen) atoms. The summed E-state index contributed by atoms with van der Waals surface area (Å²) in [6.45, 7) is 2.12. The van der Waals surface area contributed by atoms with E-state index in [-0.39, 0.29) is 0 Å². The Morgan fingerprint density at radius 2 is 2.06 bits per heavy atom. The van der Waals surface area contributed by atoms with E-state index in [0.717, 1.165) is 35.0 Å². The molecule has 3 rings (SSSR count). The summed E-state index contributed by atoms with van der Waals surface area (Å²) in [7, 11) is 0. The Balaban J connectivity index is 2.28. The van der Waals surface area contributed by atoms with Gasteiger partial charge in [0.2, 0.25) is 5.71 Å². The number of benzene rings is 1. The van der Waals surface area contributed by atoms with Crippen molar-refractivity contribution in [3.05, 3.63) is 36.3 Å². The zero-order chi connectivity index (χ0) is 11.0. The normalized spacial score (nSPS) is 11.3. The summed E-state index contributed by atoms with van der Waals surface area (Å²) < 4.78 is 5.69. The van der Waals surface area contributed by atoms with Crippen molar-refractivity contribution in [2.24, 2.45) is 0 Å². The lowest BCUT2D eigenvalue weighted by Crippen LogP contribution is -1.92. The average Bonchev–Trinajstić information content (AvgIpc) is 2.67. The number of nitrogens with zero attached hydrogens (tertiary/aromatic N) is 2. The Hall–Kier alpha value is -1.90. The average molecular weight is 212 g/mol. The van der Waals surface area contributed by atoms with E-state index in [1.807, 2.05) is 30.5 Å². The van der Waals surface area contributed by atoms with Crippen LogP contribution in [0.2, 0.25) is 0 Å². The monoisotopic (exact) mass is 212 g/mol. The summed E-state index contributed by atoms with van der Waals surface area (Å²) in [5.74, 6) is 0.856. The minimum absolute atomic E-state index is 0.694. The molecule has 0 aliphatic carbocycles. The van der Waals surface area contributed by atoms with E-state index in [4.69, 9.17) is 4.42 Å². The summed E-state index contributed by atoms with van der Waals surface area (Å²) in [6.07, 6.45) is 3.80. The predicted molar refractivity (Wildman–Crippen MR) is 63.3 cm³/mol. The summed E-state index contributed by atoms with van der Waals surface area (Å²) in [5, 5.41) is 2.08. The van der Waals surface area contributed by atoms with Gasteiger partial charge in [-0.05, 0) is 12.5 Å². The molecule has 3 aromatic rings. The fraction of sp³-hybridized carbons (Fsp3) is 0.231. The minimum Gasteiger partial charge on any atom is -0.438 e. The van der Waals surface area contributed by atoms with Gasteiger partial charge in [-0.25, -0.2) is 4.98 Å². The van der Waals surface area contributed by atoms with Gasteiger partial charge < -0.3 is 4.42 Å². The van der Waals surface area contributed by atoms with Gasteiger partial charge in [-0.1, -0.05) is 25.1 Å². The molecule has 0 bridgehead atoms. The van der Waals surface area contributed by atoms with E-state index in [2.05, 4.69) is 16.9 Å². The number of para-hydroxylation sites is 1. The van der Waals surface area contributed by atoms with Crippen LogP contribution in [-0.4, -0.2) is 9.97 Å². The zero-order valence-corrected chi connectivity index (χ0v) is 9.10. The van der Waals surface area contributed by atoms with Crippen molar-refractivity contribution < 1.29 is 4.42 Å². The molecule has 0 amide bonds. The number of furan rings is 1. The molecule has 0 saturated heterocycles. The third-order valence-electron chi connectivity index (χ3n) is 2.66. The van der Waals surface area contributed by atoms with Crippen molar-refractivity contribution in [1.29, 1.82) is 0 Å². The van der Waals surface area contributed by atoms with Gasteiger partial charge in [-0.3, -0.25) is 0 Å². The van der Waals surface area contributed by atoms with Gasteiger partial charge in [-0.15, -0.1) is 0 Å². The molecule has 0 unspecified atom stereocenters. The molecule has 3 heteroatoms. The van der Waals surface area contributed by atoms with Gasteiger partial charge in [0.1, 0.15) is 11.4 Å². The van der Waals surface area contributed by atoms with Crippen LogP contribution in [0.25, 0.3) is 22.1 Å². The highest BCUT2D eigenvalue weighted by Gasteiger charge is 2.08. The Morgan fingerprint density at radius 1 is 1.19 bits per heavy atom. The van der Waals surface area contributed by atoms with Gasteiger partial charge >= 0.3 is 0 Å². The van der Waals surface area contributed by atoms with Crippen LogP contribution in [0, 0.1) is 0 Å². The molecular weight excluding hydrogens is 200 g/mol. The van der Waals surface area contributed by atoms with Crippen molar-refractivity contribution >= 4 is 22.1 Å². The van der Waals surface area contributed by atoms with Crippen LogP contribution in [0.3, 0.4) is 0 Å². The second kappa shape index (κ2) is 3.59. The smallest absolute Gasteiger partial charge is 0.230 e. The molecular formula is C13H12N2O. The molecule has 2 heterocycles. The third kappa shape index (κ3) is 1.36. The highest BCUT2D eigenvalue weighted by Crippen LogP contribution is 2.26.